The lowest BCUT2D eigenvalue weighted by Crippen LogP contribution is -2.50. The molecule has 0 saturated carbocycles. The summed E-state index contributed by atoms with van der Waals surface area (Å²) in [6.45, 7) is 6.25. The summed E-state index contributed by atoms with van der Waals surface area (Å²) in [4.78, 5) is 19.1. The van der Waals surface area contributed by atoms with Gasteiger partial charge in [-0.05, 0) is 48.4 Å². The molecule has 1 heterocycles. The minimum absolute atomic E-state index is 0.127. The van der Waals surface area contributed by atoms with E-state index >= 15 is 0 Å². The Morgan fingerprint density at radius 1 is 1.03 bits per heavy atom. The molecule has 1 aliphatic heterocycles. The monoisotopic (exact) mass is 426 g/mol. The molecule has 1 fully saturated rings. The first-order chi connectivity index (χ1) is 15.0. The number of rotatable bonds is 9. The van der Waals surface area contributed by atoms with Crippen molar-refractivity contribution >= 4 is 17.3 Å². The number of amides is 1. The van der Waals surface area contributed by atoms with Gasteiger partial charge in [0.25, 0.3) is 0 Å². The molecule has 1 saturated heterocycles. The summed E-state index contributed by atoms with van der Waals surface area (Å²) >= 11 is 0. The fourth-order valence-corrected chi connectivity index (χ4v) is 4.03. The van der Waals surface area contributed by atoms with Crippen LogP contribution in [0, 0.1) is 5.82 Å². The highest BCUT2D eigenvalue weighted by Gasteiger charge is 2.26. The van der Waals surface area contributed by atoms with Crippen molar-refractivity contribution in [2.75, 3.05) is 56.6 Å². The Labute approximate surface area is 185 Å². The van der Waals surface area contributed by atoms with Gasteiger partial charge in [-0.3, -0.25) is 9.69 Å². The van der Waals surface area contributed by atoms with Gasteiger partial charge in [-0.1, -0.05) is 25.5 Å². The second-order valence-corrected chi connectivity index (χ2v) is 8.41. The lowest BCUT2D eigenvalue weighted by Gasteiger charge is -2.40. The SMILES string of the molecule is CCCCC(=O)NCC(c1ccc(N(C)C)cc1)N1CCN(c2ccc(F)cc2)CC1. The quantitative estimate of drug-likeness (QED) is 0.656. The van der Waals surface area contributed by atoms with Gasteiger partial charge in [0.1, 0.15) is 5.82 Å². The zero-order valence-electron chi connectivity index (χ0n) is 19.0. The van der Waals surface area contributed by atoms with Crippen molar-refractivity contribution < 1.29 is 9.18 Å². The highest BCUT2D eigenvalue weighted by atomic mass is 19.1. The lowest BCUT2D eigenvalue weighted by molar-refractivity contribution is -0.121. The van der Waals surface area contributed by atoms with Gasteiger partial charge in [-0.2, -0.15) is 0 Å². The Kier molecular flexibility index (Phi) is 8.29. The number of carbonyl (C=O) groups excluding carboxylic acids is 1. The van der Waals surface area contributed by atoms with Crippen molar-refractivity contribution in [3.63, 3.8) is 0 Å². The van der Waals surface area contributed by atoms with Crippen LogP contribution in [-0.4, -0.2) is 57.6 Å². The minimum Gasteiger partial charge on any atom is -0.378 e. The van der Waals surface area contributed by atoms with Crippen molar-refractivity contribution in [2.24, 2.45) is 0 Å². The van der Waals surface area contributed by atoms with E-state index < -0.39 is 0 Å². The van der Waals surface area contributed by atoms with Crippen LogP contribution in [-0.2, 0) is 4.79 Å². The van der Waals surface area contributed by atoms with Gasteiger partial charge in [0.05, 0.1) is 6.04 Å². The molecule has 1 N–H and O–H groups in total. The number of hydrogen-bond acceptors (Lipinski definition) is 4. The average Bonchev–Trinajstić information content (AvgIpc) is 2.79. The predicted octanol–water partition coefficient (Wildman–Crippen LogP) is 4.06. The lowest BCUT2D eigenvalue weighted by atomic mass is 10.0. The molecular formula is C25H35FN4O. The second kappa shape index (κ2) is 11.1. The van der Waals surface area contributed by atoms with Crippen molar-refractivity contribution in [2.45, 2.75) is 32.2 Å². The summed E-state index contributed by atoms with van der Waals surface area (Å²) in [5, 5.41) is 3.15. The van der Waals surface area contributed by atoms with E-state index in [-0.39, 0.29) is 17.8 Å². The number of anilines is 2. The van der Waals surface area contributed by atoms with E-state index in [1.807, 2.05) is 26.2 Å². The number of nitrogens with zero attached hydrogens (tertiary/aromatic N) is 3. The van der Waals surface area contributed by atoms with Crippen LogP contribution in [0.3, 0.4) is 0 Å². The van der Waals surface area contributed by atoms with E-state index in [2.05, 4.69) is 51.2 Å². The summed E-state index contributed by atoms with van der Waals surface area (Å²) < 4.78 is 13.3. The van der Waals surface area contributed by atoms with Crippen LogP contribution in [0.15, 0.2) is 48.5 Å². The van der Waals surface area contributed by atoms with Gasteiger partial charge >= 0.3 is 0 Å². The van der Waals surface area contributed by atoms with Crippen LogP contribution < -0.4 is 15.1 Å². The first kappa shape index (κ1) is 23.1. The first-order valence-electron chi connectivity index (χ1n) is 11.3. The molecule has 31 heavy (non-hydrogen) atoms. The third-order valence-electron chi connectivity index (χ3n) is 5.99. The number of piperazine rings is 1. The number of nitrogens with one attached hydrogen (secondary N) is 1. The van der Waals surface area contributed by atoms with Crippen molar-refractivity contribution in [1.29, 1.82) is 0 Å². The van der Waals surface area contributed by atoms with Crippen LogP contribution >= 0.6 is 0 Å². The Hall–Kier alpha value is -2.60. The van der Waals surface area contributed by atoms with E-state index in [1.54, 1.807) is 0 Å². The number of halogens is 1. The van der Waals surface area contributed by atoms with Gasteiger partial charge in [-0.15, -0.1) is 0 Å². The van der Waals surface area contributed by atoms with Gasteiger partial charge < -0.3 is 15.1 Å². The minimum atomic E-state index is -0.206. The van der Waals surface area contributed by atoms with E-state index in [0.29, 0.717) is 13.0 Å². The Bertz CT molecular complexity index is 814. The third kappa shape index (κ3) is 6.44. The largest absolute Gasteiger partial charge is 0.378 e. The zero-order chi connectivity index (χ0) is 22.2. The van der Waals surface area contributed by atoms with Gasteiger partial charge in [0.15, 0.2) is 0 Å². The molecule has 6 heteroatoms. The van der Waals surface area contributed by atoms with Crippen LogP contribution in [0.5, 0.6) is 0 Å². The van der Waals surface area contributed by atoms with E-state index in [0.717, 1.165) is 50.4 Å². The molecule has 5 nitrogen and oxygen atoms in total. The maximum absolute atomic E-state index is 13.3. The van der Waals surface area contributed by atoms with E-state index in [9.17, 15) is 9.18 Å². The summed E-state index contributed by atoms with van der Waals surface area (Å²) in [7, 11) is 4.07. The van der Waals surface area contributed by atoms with Crippen LogP contribution in [0.4, 0.5) is 15.8 Å². The fraction of sp³-hybridized carbons (Fsp3) is 0.480. The Morgan fingerprint density at radius 2 is 1.68 bits per heavy atom. The summed E-state index contributed by atoms with van der Waals surface area (Å²) in [6, 6.07) is 15.5. The highest BCUT2D eigenvalue weighted by Crippen LogP contribution is 2.26. The molecule has 168 valence electrons. The topological polar surface area (TPSA) is 38.8 Å². The van der Waals surface area contributed by atoms with Crippen LogP contribution in [0.25, 0.3) is 0 Å². The average molecular weight is 427 g/mol. The summed E-state index contributed by atoms with van der Waals surface area (Å²) in [5.74, 6) is -0.0795. The normalized spacial score (nSPS) is 15.5. The molecule has 1 atom stereocenters. The van der Waals surface area contributed by atoms with Crippen LogP contribution in [0.1, 0.15) is 37.8 Å². The Balaban J connectivity index is 1.68. The highest BCUT2D eigenvalue weighted by molar-refractivity contribution is 5.75. The standard InChI is InChI=1S/C25H35FN4O/c1-4-5-6-25(31)27-19-24(20-7-11-22(12-8-20)28(2)3)30-17-15-29(16-18-30)23-13-9-21(26)10-14-23/h7-14,24H,4-6,15-19H2,1-3H3,(H,27,31). The van der Waals surface area contributed by atoms with Crippen molar-refractivity contribution in [1.82, 2.24) is 10.2 Å². The number of benzene rings is 2. The fourth-order valence-electron chi connectivity index (χ4n) is 4.03. The summed E-state index contributed by atoms with van der Waals surface area (Å²) in [5.41, 5.74) is 3.44. The zero-order valence-corrected chi connectivity index (χ0v) is 19.0. The summed E-state index contributed by atoms with van der Waals surface area (Å²) in [6.07, 6.45) is 2.53. The smallest absolute Gasteiger partial charge is 0.220 e. The molecule has 2 aromatic rings. The van der Waals surface area contributed by atoms with Gasteiger partial charge in [0.2, 0.25) is 5.91 Å². The molecule has 0 bridgehead atoms. The van der Waals surface area contributed by atoms with Crippen molar-refractivity contribution in [3.05, 3.63) is 59.9 Å². The molecule has 3 rings (SSSR count). The molecule has 0 aliphatic carbocycles. The maximum atomic E-state index is 13.3. The maximum Gasteiger partial charge on any atom is 0.220 e. The molecule has 0 aromatic heterocycles. The molecular weight excluding hydrogens is 391 g/mol. The van der Waals surface area contributed by atoms with E-state index in [4.69, 9.17) is 0 Å². The molecule has 0 radical (unpaired) electrons. The molecule has 1 aliphatic rings. The van der Waals surface area contributed by atoms with Gasteiger partial charge in [-0.25, -0.2) is 4.39 Å². The van der Waals surface area contributed by atoms with Gasteiger partial charge in [0, 0.05) is 64.6 Å². The number of hydrogen-bond donors (Lipinski definition) is 1. The Morgan fingerprint density at radius 3 is 2.26 bits per heavy atom. The number of unbranched alkanes of at least 4 members (excludes halogenated alkanes) is 1. The predicted molar refractivity (Wildman–Crippen MR) is 126 cm³/mol. The molecule has 2 aromatic carbocycles. The van der Waals surface area contributed by atoms with E-state index in [1.165, 1.54) is 17.7 Å². The molecule has 0 spiro atoms. The number of carbonyl (C=O) groups is 1. The molecule has 1 amide bonds. The molecule has 1 unspecified atom stereocenters. The first-order valence-corrected chi connectivity index (χ1v) is 11.3. The third-order valence-corrected chi connectivity index (χ3v) is 5.99. The van der Waals surface area contributed by atoms with Crippen molar-refractivity contribution in [3.8, 4) is 0 Å². The van der Waals surface area contributed by atoms with Crippen LogP contribution in [0.2, 0.25) is 0 Å². The second-order valence-electron chi connectivity index (χ2n) is 8.41.